The van der Waals surface area contributed by atoms with Gasteiger partial charge in [-0.2, -0.15) is 0 Å². The molecule has 2 rings (SSSR count). The Morgan fingerprint density at radius 1 is 1.03 bits per heavy atom. The molecular formula is C23H25F2NO5. The van der Waals surface area contributed by atoms with Crippen molar-refractivity contribution in [3.63, 3.8) is 0 Å². The van der Waals surface area contributed by atoms with Crippen molar-refractivity contribution in [3.05, 3.63) is 65.2 Å². The molecule has 0 saturated carbocycles. The van der Waals surface area contributed by atoms with E-state index in [0.717, 1.165) is 12.1 Å². The first-order chi connectivity index (χ1) is 14.7. The van der Waals surface area contributed by atoms with Crippen molar-refractivity contribution in [2.45, 2.75) is 27.4 Å². The lowest BCUT2D eigenvalue weighted by atomic mass is 10.1. The quantitative estimate of drug-likeness (QED) is 0.566. The molecule has 1 N–H and O–H groups in total. The molecule has 0 aliphatic carbocycles. The predicted octanol–water partition coefficient (Wildman–Crippen LogP) is 4.28. The van der Waals surface area contributed by atoms with E-state index in [1.807, 2.05) is 13.8 Å². The Morgan fingerprint density at radius 3 is 2.16 bits per heavy atom. The van der Waals surface area contributed by atoms with E-state index >= 15 is 0 Å². The Hall–Kier alpha value is -3.42. The van der Waals surface area contributed by atoms with Crippen molar-refractivity contribution in [1.29, 1.82) is 0 Å². The highest BCUT2D eigenvalue weighted by Crippen LogP contribution is 2.28. The van der Waals surface area contributed by atoms with Crippen LogP contribution in [0.1, 0.15) is 31.9 Å². The zero-order valence-electron chi connectivity index (χ0n) is 17.7. The topological polar surface area (TPSA) is 76.1 Å². The van der Waals surface area contributed by atoms with Crippen LogP contribution in [0.5, 0.6) is 11.5 Å². The van der Waals surface area contributed by atoms with E-state index in [9.17, 15) is 18.4 Å². The number of likely N-dealkylation sites (N-methyl/N-ethyl adjacent to an activating group) is 1. The number of allylic oxidation sites excluding steroid dienone is 1. The lowest BCUT2D eigenvalue weighted by molar-refractivity contribution is -0.139. The van der Waals surface area contributed by atoms with Crippen LogP contribution in [0.25, 0.3) is 5.57 Å². The summed E-state index contributed by atoms with van der Waals surface area (Å²) in [7, 11) is 0. The number of carbonyl (C=O) groups is 2. The predicted molar refractivity (Wildman–Crippen MR) is 112 cm³/mol. The number of nitrogens with zero attached hydrogens (tertiary/aromatic N) is 1. The number of hydrogen-bond acceptors (Lipinski definition) is 4. The zero-order valence-corrected chi connectivity index (χ0v) is 17.7. The van der Waals surface area contributed by atoms with Gasteiger partial charge in [0, 0.05) is 25.2 Å². The van der Waals surface area contributed by atoms with Gasteiger partial charge < -0.3 is 19.5 Å². The second kappa shape index (κ2) is 11.1. The Labute approximate surface area is 179 Å². The summed E-state index contributed by atoms with van der Waals surface area (Å²) >= 11 is 0. The normalized spacial score (nSPS) is 11.2. The highest BCUT2D eigenvalue weighted by Gasteiger charge is 2.13. The highest BCUT2D eigenvalue weighted by atomic mass is 19.1. The first kappa shape index (κ1) is 23.9. The SMILES string of the molecule is CCN(CC)C(=O)/C=C(/C)c1cc(OCC(=O)O)cc(OCc2c(F)cccc2F)c1. The third-order valence-electron chi connectivity index (χ3n) is 4.56. The van der Waals surface area contributed by atoms with Crippen LogP contribution < -0.4 is 9.47 Å². The van der Waals surface area contributed by atoms with E-state index in [2.05, 4.69) is 0 Å². The monoisotopic (exact) mass is 433 g/mol. The van der Waals surface area contributed by atoms with E-state index in [-0.39, 0.29) is 29.6 Å². The van der Waals surface area contributed by atoms with Crippen molar-refractivity contribution in [1.82, 2.24) is 4.90 Å². The number of hydrogen-bond donors (Lipinski definition) is 1. The van der Waals surface area contributed by atoms with Gasteiger partial charge in [0.05, 0.1) is 5.56 Å². The van der Waals surface area contributed by atoms with Crippen molar-refractivity contribution in [2.24, 2.45) is 0 Å². The maximum absolute atomic E-state index is 13.9. The van der Waals surface area contributed by atoms with Crippen LogP contribution in [0.4, 0.5) is 8.78 Å². The number of amides is 1. The smallest absolute Gasteiger partial charge is 0.341 e. The number of rotatable bonds is 10. The number of carboxylic acids is 1. The Bertz CT molecular complexity index is 950. The first-order valence-corrected chi connectivity index (χ1v) is 9.78. The lowest BCUT2D eigenvalue weighted by Crippen LogP contribution is -2.28. The van der Waals surface area contributed by atoms with Gasteiger partial charge in [0.15, 0.2) is 6.61 Å². The van der Waals surface area contributed by atoms with E-state index < -0.39 is 24.2 Å². The van der Waals surface area contributed by atoms with E-state index in [0.29, 0.717) is 24.2 Å². The molecule has 0 bridgehead atoms. The maximum atomic E-state index is 13.9. The molecule has 166 valence electrons. The van der Waals surface area contributed by atoms with Gasteiger partial charge >= 0.3 is 5.97 Å². The molecule has 0 radical (unpaired) electrons. The van der Waals surface area contributed by atoms with Crippen LogP contribution in [0.2, 0.25) is 0 Å². The Kier molecular flexibility index (Phi) is 8.54. The zero-order chi connectivity index (χ0) is 23.0. The number of halogens is 2. The van der Waals surface area contributed by atoms with E-state index in [4.69, 9.17) is 14.6 Å². The minimum Gasteiger partial charge on any atom is -0.489 e. The summed E-state index contributed by atoms with van der Waals surface area (Å²) in [6.07, 6.45) is 1.46. The molecule has 0 heterocycles. The minimum atomic E-state index is -1.16. The molecule has 0 unspecified atom stereocenters. The van der Waals surface area contributed by atoms with Gasteiger partial charge in [-0.15, -0.1) is 0 Å². The lowest BCUT2D eigenvalue weighted by Gasteiger charge is -2.17. The summed E-state index contributed by atoms with van der Waals surface area (Å²) in [4.78, 5) is 24.9. The first-order valence-electron chi connectivity index (χ1n) is 9.78. The van der Waals surface area contributed by atoms with Crippen molar-refractivity contribution in [2.75, 3.05) is 19.7 Å². The summed E-state index contributed by atoms with van der Waals surface area (Å²) in [6, 6.07) is 8.10. The summed E-state index contributed by atoms with van der Waals surface area (Å²) in [5.74, 6) is -2.41. The summed E-state index contributed by atoms with van der Waals surface area (Å²) in [5, 5.41) is 8.87. The van der Waals surface area contributed by atoms with E-state index in [1.54, 1.807) is 24.0 Å². The minimum absolute atomic E-state index is 0.171. The van der Waals surface area contributed by atoms with Gasteiger partial charge in [-0.05, 0) is 56.2 Å². The fourth-order valence-corrected chi connectivity index (χ4v) is 2.83. The fraction of sp³-hybridized carbons (Fsp3) is 0.304. The van der Waals surface area contributed by atoms with Crippen LogP contribution in [0.15, 0.2) is 42.5 Å². The van der Waals surface area contributed by atoms with Crippen molar-refractivity contribution in [3.8, 4) is 11.5 Å². The van der Waals surface area contributed by atoms with Gasteiger partial charge in [-0.3, -0.25) is 4.79 Å². The molecule has 8 heteroatoms. The second-order valence-electron chi connectivity index (χ2n) is 6.70. The fourth-order valence-electron chi connectivity index (χ4n) is 2.83. The number of ether oxygens (including phenoxy) is 2. The van der Waals surface area contributed by atoms with Gasteiger partial charge in [-0.25, -0.2) is 13.6 Å². The molecule has 0 fully saturated rings. The molecule has 31 heavy (non-hydrogen) atoms. The molecule has 0 aromatic heterocycles. The van der Waals surface area contributed by atoms with E-state index in [1.165, 1.54) is 18.2 Å². The molecule has 1 amide bonds. The molecule has 2 aromatic rings. The summed E-state index contributed by atoms with van der Waals surface area (Å²) < 4.78 is 38.5. The van der Waals surface area contributed by atoms with Gasteiger partial charge in [0.1, 0.15) is 29.7 Å². The van der Waals surface area contributed by atoms with Crippen LogP contribution >= 0.6 is 0 Å². The molecule has 0 saturated heterocycles. The van der Waals surface area contributed by atoms with Crippen LogP contribution in [0, 0.1) is 11.6 Å². The number of carboxylic acid groups (broad SMARTS) is 1. The van der Waals surface area contributed by atoms with Gasteiger partial charge in [0.25, 0.3) is 0 Å². The Balaban J connectivity index is 2.33. The molecule has 2 aromatic carbocycles. The molecule has 0 aliphatic rings. The molecule has 0 spiro atoms. The average Bonchev–Trinajstić information content (AvgIpc) is 2.72. The number of benzene rings is 2. The largest absolute Gasteiger partial charge is 0.489 e. The third kappa shape index (κ3) is 6.80. The third-order valence-corrected chi connectivity index (χ3v) is 4.56. The standard InChI is InChI=1S/C23H25F2NO5/c1-4-26(5-2)22(27)9-15(3)16-10-17(12-18(11-16)31-14-23(28)29)30-13-19-20(24)7-6-8-21(19)25/h6-12H,4-5,13-14H2,1-3H3,(H,28,29)/b15-9-. The van der Waals surface area contributed by atoms with Crippen LogP contribution in [-0.2, 0) is 16.2 Å². The highest BCUT2D eigenvalue weighted by molar-refractivity contribution is 5.95. The average molecular weight is 433 g/mol. The van der Waals surface area contributed by atoms with Gasteiger partial charge in [-0.1, -0.05) is 6.07 Å². The molecule has 0 atom stereocenters. The van der Waals surface area contributed by atoms with Crippen LogP contribution in [0.3, 0.4) is 0 Å². The van der Waals surface area contributed by atoms with Crippen LogP contribution in [-0.4, -0.2) is 41.6 Å². The summed E-state index contributed by atoms with van der Waals surface area (Å²) in [6.45, 7) is 5.63. The Morgan fingerprint density at radius 2 is 1.61 bits per heavy atom. The molecular weight excluding hydrogens is 408 g/mol. The second-order valence-corrected chi connectivity index (χ2v) is 6.70. The maximum Gasteiger partial charge on any atom is 0.341 e. The van der Waals surface area contributed by atoms with Crippen molar-refractivity contribution >= 4 is 17.4 Å². The number of aliphatic carboxylic acids is 1. The number of carbonyl (C=O) groups excluding carboxylic acids is 1. The van der Waals surface area contributed by atoms with Crippen molar-refractivity contribution < 1.29 is 33.0 Å². The molecule has 6 nitrogen and oxygen atoms in total. The van der Waals surface area contributed by atoms with Gasteiger partial charge in [0.2, 0.25) is 5.91 Å². The molecule has 0 aliphatic heterocycles. The summed E-state index contributed by atoms with van der Waals surface area (Å²) in [5.41, 5.74) is 0.914.